The monoisotopic (exact) mass is 561 g/mol. The smallest absolute Gasteiger partial charge is 0.257 e. The molecule has 0 fully saturated rings. The van der Waals surface area contributed by atoms with E-state index in [1.807, 2.05) is 24.3 Å². The Labute approximate surface area is 234 Å². The molecule has 0 aliphatic heterocycles. The van der Waals surface area contributed by atoms with E-state index in [9.17, 15) is 9.59 Å². The van der Waals surface area contributed by atoms with Crippen molar-refractivity contribution >= 4 is 46.3 Å². The summed E-state index contributed by atoms with van der Waals surface area (Å²) in [6.45, 7) is 2.64. The number of amides is 2. The first-order valence-electron chi connectivity index (χ1n) is 12.0. The number of hydrogen-bond donors (Lipinski definition) is 2. The molecule has 11 heteroatoms. The standard InChI is InChI=1S/C28H27N5O4S2/c1-19-6-12-24(13-7-19)38-15-14-37-23-5-3-4-20(16-23)18-29-31-25(34)17-26-32-33-28(39-26)30-27(35)21-8-10-22(36-2)11-9-21/h3-13,16,18H,14-15,17H2,1-2H3,(H,31,34)(H,30,33,35)/b29-18-. The second-order valence-electron chi connectivity index (χ2n) is 8.24. The Morgan fingerprint density at radius 3 is 2.59 bits per heavy atom. The van der Waals surface area contributed by atoms with Crippen molar-refractivity contribution in [3.05, 3.63) is 94.5 Å². The maximum atomic E-state index is 12.4. The van der Waals surface area contributed by atoms with E-state index in [-0.39, 0.29) is 18.2 Å². The molecule has 0 saturated carbocycles. The molecule has 0 aliphatic rings. The number of methoxy groups -OCH3 is 1. The fourth-order valence-corrected chi connectivity index (χ4v) is 4.75. The van der Waals surface area contributed by atoms with Crippen LogP contribution in [0.25, 0.3) is 0 Å². The number of rotatable bonds is 12. The Morgan fingerprint density at radius 1 is 1.03 bits per heavy atom. The quantitative estimate of drug-likeness (QED) is 0.109. The van der Waals surface area contributed by atoms with Gasteiger partial charge in [0.2, 0.25) is 11.0 Å². The molecule has 1 heterocycles. The third-order valence-corrected chi connectivity index (χ3v) is 7.07. The fourth-order valence-electron chi connectivity index (χ4n) is 3.28. The highest BCUT2D eigenvalue weighted by Gasteiger charge is 2.12. The molecule has 2 N–H and O–H groups in total. The summed E-state index contributed by atoms with van der Waals surface area (Å²) in [7, 11) is 1.56. The van der Waals surface area contributed by atoms with Crippen molar-refractivity contribution in [2.24, 2.45) is 5.10 Å². The molecule has 39 heavy (non-hydrogen) atoms. The van der Waals surface area contributed by atoms with Gasteiger partial charge in [-0.3, -0.25) is 14.9 Å². The molecule has 0 saturated heterocycles. The molecular formula is C28H27N5O4S2. The second-order valence-corrected chi connectivity index (χ2v) is 10.5. The van der Waals surface area contributed by atoms with Crippen LogP contribution < -0.4 is 20.2 Å². The Balaban J connectivity index is 1.19. The minimum absolute atomic E-state index is 0.0186. The molecule has 1 aromatic heterocycles. The van der Waals surface area contributed by atoms with E-state index in [1.54, 1.807) is 49.4 Å². The zero-order valence-electron chi connectivity index (χ0n) is 21.4. The lowest BCUT2D eigenvalue weighted by Crippen LogP contribution is -2.19. The van der Waals surface area contributed by atoms with Gasteiger partial charge in [-0.25, -0.2) is 5.43 Å². The van der Waals surface area contributed by atoms with Crippen LogP contribution >= 0.6 is 23.1 Å². The van der Waals surface area contributed by atoms with Crippen molar-refractivity contribution in [1.82, 2.24) is 15.6 Å². The molecule has 2 amide bonds. The zero-order chi connectivity index (χ0) is 27.5. The van der Waals surface area contributed by atoms with Crippen molar-refractivity contribution in [3.63, 3.8) is 0 Å². The van der Waals surface area contributed by atoms with Crippen molar-refractivity contribution in [3.8, 4) is 11.5 Å². The van der Waals surface area contributed by atoms with E-state index >= 15 is 0 Å². The van der Waals surface area contributed by atoms with Gasteiger partial charge in [0, 0.05) is 16.2 Å². The number of nitrogens with zero attached hydrogens (tertiary/aromatic N) is 3. The van der Waals surface area contributed by atoms with Gasteiger partial charge in [0.25, 0.3) is 5.91 Å². The highest BCUT2D eigenvalue weighted by molar-refractivity contribution is 7.99. The lowest BCUT2D eigenvalue weighted by molar-refractivity contribution is -0.120. The van der Waals surface area contributed by atoms with Gasteiger partial charge in [-0.15, -0.1) is 22.0 Å². The first-order chi connectivity index (χ1) is 19.0. The molecule has 200 valence electrons. The number of aromatic nitrogens is 2. The molecule has 0 radical (unpaired) electrons. The SMILES string of the molecule is COc1ccc(C(=O)Nc2nnc(CC(=O)N/N=C\c3cccc(OCCSc4ccc(C)cc4)c3)s2)cc1. The summed E-state index contributed by atoms with van der Waals surface area (Å²) in [6, 6.07) is 22.6. The normalized spacial score (nSPS) is 10.8. The van der Waals surface area contributed by atoms with Crippen molar-refractivity contribution in [2.75, 3.05) is 24.8 Å². The third kappa shape index (κ3) is 8.94. The van der Waals surface area contributed by atoms with Crippen molar-refractivity contribution in [1.29, 1.82) is 0 Å². The van der Waals surface area contributed by atoms with Crippen molar-refractivity contribution in [2.45, 2.75) is 18.2 Å². The van der Waals surface area contributed by atoms with Gasteiger partial charge in [-0.1, -0.05) is 41.2 Å². The molecule has 3 aromatic carbocycles. The molecule has 0 aliphatic carbocycles. The largest absolute Gasteiger partial charge is 0.497 e. The van der Waals surface area contributed by atoms with Crippen molar-refractivity contribution < 1.29 is 19.1 Å². The molecule has 0 atom stereocenters. The lowest BCUT2D eigenvalue weighted by Gasteiger charge is -2.07. The minimum atomic E-state index is -0.351. The number of benzene rings is 3. The van der Waals surface area contributed by atoms with Gasteiger partial charge >= 0.3 is 0 Å². The highest BCUT2D eigenvalue weighted by Crippen LogP contribution is 2.20. The van der Waals surface area contributed by atoms with Crippen LogP contribution in [0, 0.1) is 6.92 Å². The van der Waals surface area contributed by atoms with E-state index < -0.39 is 0 Å². The maximum Gasteiger partial charge on any atom is 0.257 e. The number of hydrogen-bond acceptors (Lipinski definition) is 9. The molecule has 4 aromatic rings. The Bertz CT molecular complexity index is 1420. The van der Waals surface area contributed by atoms with E-state index in [0.29, 0.717) is 28.1 Å². The summed E-state index contributed by atoms with van der Waals surface area (Å²) in [6.07, 6.45) is 1.53. The third-order valence-electron chi connectivity index (χ3n) is 5.25. The van der Waals surface area contributed by atoms with E-state index in [2.05, 4.69) is 57.2 Å². The summed E-state index contributed by atoms with van der Waals surface area (Å²) in [5.74, 6) is 1.54. The predicted octanol–water partition coefficient (Wildman–Crippen LogP) is 4.97. The predicted molar refractivity (Wildman–Crippen MR) is 154 cm³/mol. The Hall–Kier alpha value is -4.22. The summed E-state index contributed by atoms with van der Waals surface area (Å²) >= 11 is 2.86. The highest BCUT2D eigenvalue weighted by atomic mass is 32.2. The van der Waals surface area contributed by atoms with Crippen LogP contribution in [0.15, 0.2) is 82.8 Å². The average Bonchev–Trinajstić information content (AvgIpc) is 3.38. The number of ether oxygens (including phenoxy) is 2. The number of hydrazone groups is 1. The summed E-state index contributed by atoms with van der Waals surface area (Å²) in [4.78, 5) is 25.9. The van der Waals surface area contributed by atoms with Crippen LogP contribution in [0.1, 0.15) is 26.5 Å². The Kier molecular flexibility index (Phi) is 10.0. The van der Waals surface area contributed by atoms with Gasteiger partial charge in [-0.2, -0.15) is 5.10 Å². The van der Waals surface area contributed by atoms with Crippen LogP contribution in [0.3, 0.4) is 0 Å². The van der Waals surface area contributed by atoms with Crippen LogP contribution in [-0.2, 0) is 11.2 Å². The number of carbonyl (C=O) groups is 2. The van der Waals surface area contributed by atoms with E-state index in [1.165, 1.54) is 10.5 Å². The first kappa shape index (κ1) is 27.8. The zero-order valence-corrected chi connectivity index (χ0v) is 23.1. The minimum Gasteiger partial charge on any atom is -0.497 e. The molecule has 9 nitrogen and oxygen atoms in total. The second kappa shape index (κ2) is 14.1. The lowest BCUT2D eigenvalue weighted by atomic mass is 10.2. The van der Waals surface area contributed by atoms with Crippen LogP contribution in [0.2, 0.25) is 0 Å². The van der Waals surface area contributed by atoms with Gasteiger partial charge in [0.05, 0.1) is 26.4 Å². The van der Waals surface area contributed by atoms with Gasteiger partial charge in [-0.05, 0) is 61.0 Å². The number of aryl methyl sites for hydroxylation is 1. The number of anilines is 1. The summed E-state index contributed by atoms with van der Waals surface area (Å²) in [5.41, 5.74) is 4.97. The number of carbonyl (C=O) groups excluding carboxylic acids is 2. The first-order valence-corrected chi connectivity index (χ1v) is 13.8. The topological polar surface area (TPSA) is 115 Å². The Morgan fingerprint density at radius 2 is 1.82 bits per heavy atom. The van der Waals surface area contributed by atoms with E-state index in [4.69, 9.17) is 9.47 Å². The van der Waals surface area contributed by atoms with Crippen LogP contribution in [0.4, 0.5) is 5.13 Å². The summed E-state index contributed by atoms with van der Waals surface area (Å²) in [5, 5.41) is 15.4. The van der Waals surface area contributed by atoms with Gasteiger partial charge in [0.15, 0.2) is 0 Å². The van der Waals surface area contributed by atoms with Gasteiger partial charge in [0.1, 0.15) is 16.5 Å². The van der Waals surface area contributed by atoms with Crippen LogP contribution in [-0.4, -0.2) is 47.7 Å². The maximum absolute atomic E-state index is 12.4. The molecule has 4 rings (SSSR count). The fraction of sp³-hybridized carbons (Fsp3) is 0.179. The average molecular weight is 562 g/mol. The molecule has 0 spiro atoms. The molecular weight excluding hydrogens is 534 g/mol. The summed E-state index contributed by atoms with van der Waals surface area (Å²) < 4.78 is 10.9. The van der Waals surface area contributed by atoms with Crippen LogP contribution in [0.5, 0.6) is 11.5 Å². The number of nitrogens with one attached hydrogen (secondary N) is 2. The number of thioether (sulfide) groups is 1. The molecule has 0 unspecified atom stereocenters. The molecule has 0 bridgehead atoms. The van der Waals surface area contributed by atoms with Gasteiger partial charge < -0.3 is 9.47 Å². The van der Waals surface area contributed by atoms with E-state index in [0.717, 1.165) is 28.4 Å².